The van der Waals surface area contributed by atoms with E-state index in [4.69, 9.17) is 14.3 Å². The number of carbonyl (C=O) groups is 2. The Hall–Kier alpha value is -1.06. The zero-order valence-electron chi connectivity index (χ0n) is 7.71. The van der Waals surface area contributed by atoms with E-state index in [1.165, 1.54) is 0 Å². The van der Waals surface area contributed by atoms with Gasteiger partial charge in [0.15, 0.2) is 5.41 Å². The summed E-state index contributed by atoms with van der Waals surface area (Å²) in [5.74, 6) is -3.73. The van der Waals surface area contributed by atoms with E-state index >= 15 is 0 Å². The molecular formula is C5H8O4. The van der Waals surface area contributed by atoms with Gasteiger partial charge in [-0.15, -0.1) is 0 Å². The van der Waals surface area contributed by atoms with Crippen molar-refractivity contribution in [2.75, 3.05) is 0 Å². The zero-order valence-corrected chi connectivity index (χ0v) is 4.71. The highest BCUT2D eigenvalue weighted by Crippen LogP contribution is 2.13. The topological polar surface area (TPSA) is 74.6 Å². The number of hydrogen-bond donors (Lipinski definition) is 2. The van der Waals surface area contributed by atoms with Crippen molar-refractivity contribution in [2.45, 2.75) is 13.8 Å². The molecule has 0 saturated heterocycles. The van der Waals surface area contributed by atoms with Crippen molar-refractivity contribution in [3.05, 3.63) is 0 Å². The molecule has 0 aromatic heterocycles. The maximum Gasteiger partial charge on any atom is 0.320 e. The van der Waals surface area contributed by atoms with Crippen LogP contribution in [0.2, 0.25) is 0 Å². The van der Waals surface area contributed by atoms with E-state index in [0.717, 1.165) is 0 Å². The highest BCUT2D eigenvalue weighted by Gasteiger charge is 2.35. The molecule has 2 N–H and O–H groups in total. The summed E-state index contributed by atoms with van der Waals surface area (Å²) in [5, 5.41) is 16.8. The van der Waals surface area contributed by atoms with Crippen molar-refractivity contribution >= 4 is 11.9 Å². The lowest BCUT2D eigenvalue weighted by atomic mass is 9.95. The van der Waals surface area contributed by atoms with E-state index in [2.05, 4.69) is 0 Å². The van der Waals surface area contributed by atoms with Gasteiger partial charge in [-0.25, -0.2) is 0 Å². The molecule has 0 aromatic rings. The molecule has 0 unspecified atom stereocenters. The Morgan fingerprint density at radius 1 is 1.44 bits per heavy atom. The quantitative estimate of drug-likeness (QED) is 0.530. The molecule has 0 aliphatic heterocycles. The summed E-state index contributed by atoms with van der Waals surface area (Å²) in [7, 11) is 0. The van der Waals surface area contributed by atoms with Crippen LogP contribution in [0.15, 0.2) is 0 Å². The van der Waals surface area contributed by atoms with Gasteiger partial charge >= 0.3 is 11.9 Å². The molecule has 9 heavy (non-hydrogen) atoms. The molecule has 0 spiro atoms. The van der Waals surface area contributed by atoms with Crippen molar-refractivity contribution in [2.24, 2.45) is 5.41 Å². The Balaban J connectivity index is 5.17. The monoisotopic (exact) mass is 135 g/mol. The molecule has 0 rings (SSSR count). The van der Waals surface area contributed by atoms with E-state index in [9.17, 15) is 9.59 Å². The molecule has 0 atom stereocenters. The van der Waals surface area contributed by atoms with Gasteiger partial charge in [0.05, 0.1) is 0 Å². The van der Waals surface area contributed by atoms with Crippen LogP contribution in [0, 0.1) is 5.41 Å². The maximum atomic E-state index is 10.4. The third kappa shape index (κ3) is 1.42. The van der Waals surface area contributed by atoms with Crippen LogP contribution in [0.1, 0.15) is 17.9 Å². The lowest BCUT2D eigenvalue weighted by Gasteiger charge is -2.10. The zero-order chi connectivity index (χ0) is 10.2. The Kier molecular flexibility index (Phi) is 0.880. The fourth-order valence-corrected chi connectivity index (χ4v) is 0.0915. The van der Waals surface area contributed by atoms with Crippen LogP contribution in [-0.4, -0.2) is 22.2 Å². The van der Waals surface area contributed by atoms with Gasteiger partial charge in [0, 0.05) is 4.11 Å². The van der Waals surface area contributed by atoms with Crippen LogP contribution in [0.25, 0.3) is 0 Å². The van der Waals surface area contributed by atoms with Crippen molar-refractivity contribution in [3.63, 3.8) is 0 Å². The summed E-state index contributed by atoms with van der Waals surface area (Å²) in [4.78, 5) is 20.7. The Morgan fingerprint density at radius 3 is 1.78 bits per heavy atom. The molecule has 0 aliphatic carbocycles. The summed E-state index contributed by atoms with van der Waals surface area (Å²) in [6.45, 7) is -2.39. The smallest absolute Gasteiger partial charge is 0.320 e. The second kappa shape index (κ2) is 2.05. The molecular weight excluding hydrogens is 124 g/mol. The predicted molar refractivity (Wildman–Crippen MR) is 29.1 cm³/mol. The van der Waals surface area contributed by atoms with Gasteiger partial charge in [0.25, 0.3) is 0 Å². The Labute approximate surface area is 56.3 Å². The van der Waals surface area contributed by atoms with Gasteiger partial charge in [0.1, 0.15) is 0 Å². The predicted octanol–water partition coefficient (Wildman–Crippen LogP) is 0.182. The molecule has 4 heteroatoms. The van der Waals surface area contributed by atoms with Crippen LogP contribution in [0.3, 0.4) is 0 Å². The van der Waals surface area contributed by atoms with Crippen molar-refractivity contribution in [3.8, 4) is 0 Å². The van der Waals surface area contributed by atoms with Crippen molar-refractivity contribution in [1.82, 2.24) is 0 Å². The van der Waals surface area contributed by atoms with E-state index in [1.807, 2.05) is 0 Å². The molecule has 0 amide bonds. The minimum Gasteiger partial charge on any atom is -0.480 e. The maximum absolute atomic E-state index is 10.4. The summed E-state index contributed by atoms with van der Waals surface area (Å²) in [6, 6.07) is 0. The lowest BCUT2D eigenvalue weighted by Crippen LogP contribution is -2.32. The van der Waals surface area contributed by atoms with Gasteiger partial charge in [-0.2, -0.15) is 0 Å². The Morgan fingerprint density at radius 2 is 1.78 bits per heavy atom. The molecule has 0 aliphatic rings. The van der Waals surface area contributed by atoms with E-state index in [0.29, 0.717) is 6.92 Å². The molecule has 0 heterocycles. The molecule has 52 valence electrons. The molecule has 0 saturated carbocycles. The number of hydrogen-bond acceptors (Lipinski definition) is 2. The SMILES string of the molecule is [2H]C([2H])([2H])C(C)(C(=O)O)C(=O)O. The lowest BCUT2D eigenvalue weighted by molar-refractivity contribution is -0.161. The van der Waals surface area contributed by atoms with Gasteiger partial charge in [-0.3, -0.25) is 9.59 Å². The van der Waals surface area contributed by atoms with E-state index < -0.39 is 24.2 Å². The highest BCUT2D eigenvalue weighted by atomic mass is 16.4. The average molecular weight is 135 g/mol. The van der Waals surface area contributed by atoms with E-state index in [-0.39, 0.29) is 0 Å². The molecule has 4 nitrogen and oxygen atoms in total. The molecule has 0 aromatic carbocycles. The number of carboxylic acids is 2. The molecule has 0 bridgehead atoms. The highest BCUT2D eigenvalue weighted by molar-refractivity contribution is 5.97. The first-order valence-corrected chi connectivity index (χ1v) is 2.11. The third-order valence-corrected chi connectivity index (χ3v) is 0.855. The average Bonchev–Trinajstić information content (AvgIpc) is 1.82. The number of aliphatic carboxylic acids is 2. The fraction of sp³-hybridized carbons (Fsp3) is 0.600. The normalized spacial score (nSPS) is 17.2. The van der Waals surface area contributed by atoms with Gasteiger partial charge in [-0.1, -0.05) is 0 Å². The fourth-order valence-electron chi connectivity index (χ4n) is 0.0915. The van der Waals surface area contributed by atoms with E-state index in [1.54, 1.807) is 0 Å². The van der Waals surface area contributed by atoms with Crippen molar-refractivity contribution in [1.29, 1.82) is 0 Å². The largest absolute Gasteiger partial charge is 0.480 e. The van der Waals surface area contributed by atoms with Crippen LogP contribution in [0.5, 0.6) is 0 Å². The van der Waals surface area contributed by atoms with Crippen LogP contribution in [0.4, 0.5) is 0 Å². The number of rotatable bonds is 2. The summed E-state index contributed by atoms with van der Waals surface area (Å²) < 4.78 is 20.2. The third-order valence-electron chi connectivity index (χ3n) is 0.855. The number of carboxylic acid groups (broad SMARTS) is 2. The minimum atomic E-state index is -3.05. The van der Waals surface area contributed by atoms with Crippen molar-refractivity contribution < 1.29 is 23.9 Å². The second-order valence-electron chi connectivity index (χ2n) is 1.74. The first-order valence-electron chi connectivity index (χ1n) is 3.61. The first kappa shape index (κ1) is 3.87. The van der Waals surface area contributed by atoms with Crippen LogP contribution in [-0.2, 0) is 9.59 Å². The molecule has 0 radical (unpaired) electrons. The Bertz CT molecular complexity index is 205. The minimum absolute atomic E-state index is 0.657. The van der Waals surface area contributed by atoms with Gasteiger partial charge in [0.2, 0.25) is 0 Å². The summed E-state index contributed by atoms with van der Waals surface area (Å²) in [5.41, 5.74) is -2.73. The molecule has 0 fully saturated rings. The van der Waals surface area contributed by atoms with Gasteiger partial charge in [-0.05, 0) is 13.8 Å². The van der Waals surface area contributed by atoms with Crippen LogP contribution < -0.4 is 0 Å². The van der Waals surface area contributed by atoms with Crippen LogP contribution >= 0.6 is 0 Å². The standard InChI is InChI=1S/C5H8O4/c1-5(2,3(6)7)4(8)9/h1-2H3,(H,6,7)(H,8,9)/i1D3. The second-order valence-corrected chi connectivity index (χ2v) is 1.74. The summed E-state index contributed by atoms with van der Waals surface area (Å²) in [6.07, 6.45) is 0. The summed E-state index contributed by atoms with van der Waals surface area (Å²) >= 11 is 0. The van der Waals surface area contributed by atoms with Gasteiger partial charge < -0.3 is 10.2 Å². The first-order chi connectivity index (χ1) is 5.14.